The smallest absolute Gasteiger partial charge is 0.323 e. The first kappa shape index (κ1) is 18.2. The molecule has 1 aromatic carbocycles. The zero-order valence-electron chi connectivity index (χ0n) is 14.8. The summed E-state index contributed by atoms with van der Waals surface area (Å²) >= 11 is 5.93. The van der Waals surface area contributed by atoms with Crippen LogP contribution in [0.2, 0.25) is 5.02 Å². The number of hydrogen-bond donors (Lipinski definition) is 1. The Balaban J connectivity index is 1.60. The van der Waals surface area contributed by atoms with E-state index in [1.807, 2.05) is 24.3 Å². The minimum Gasteiger partial charge on any atom is -0.480 e. The normalized spacial score (nSPS) is 18.7. The van der Waals surface area contributed by atoms with Crippen LogP contribution in [0.25, 0.3) is 6.08 Å². The molecule has 1 saturated heterocycles. The van der Waals surface area contributed by atoms with E-state index in [4.69, 9.17) is 16.3 Å². The van der Waals surface area contributed by atoms with E-state index in [1.165, 1.54) is 25.1 Å². The van der Waals surface area contributed by atoms with Gasteiger partial charge < -0.3 is 9.64 Å². The molecule has 7 heteroatoms. The van der Waals surface area contributed by atoms with Crippen molar-refractivity contribution < 1.29 is 9.53 Å². The van der Waals surface area contributed by atoms with E-state index < -0.39 is 0 Å². The molecular weight excluding hydrogens is 352 g/mol. The van der Waals surface area contributed by atoms with E-state index in [2.05, 4.69) is 28.3 Å². The van der Waals surface area contributed by atoms with E-state index in [0.717, 1.165) is 17.0 Å². The van der Waals surface area contributed by atoms with Crippen molar-refractivity contribution in [3.8, 4) is 5.88 Å². The zero-order chi connectivity index (χ0) is 18.5. The lowest BCUT2D eigenvalue weighted by Gasteiger charge is -2.33. The van der Waals surface area contributed by atoms with Gasteiger partial charge in [0.25, 0.3) is 0 Å². The Labute approximate surface area is 157 Å². The van der Waals surface area contributed by atoms with Gasteiger partial charge in [0, 0.05) is 18.1 Å². The average molecular weight is 373 g/mol. The fourth-order valence-electron chi connectivity index (χ4n) is 2.90. The maximum atomic E-state index is 12.5. The van der Waals surface area contributed by atoms with Crippen LogP contribution in [0.3, 0.4) is 0 Å². The summed E-state index contributed by atoms with van der Waals surface area (Å²) in [6, 6.07) is 7.61. The number of piperidine rings is 1. The number of anilines is 1. The molecule has 1 atom stereocenters. The van der Waals surface area contributed by atoms with Gasteiger partial charge in [0.05, 0.1) is 19.5 Å². The average Bonchev–Trinajstić information content (AvgIpc) is 2.65. The van der Waals surface area contributed by atoms with Crippen LogP contribution in [-0.2, 0) is 0 Å². The number of methoxy groups -OCH3 is 1. The van der Waals surface area contributed by atoms with Gasteiger partial charge in [0.1, 0.15) is 0 Å². The number of carbonyl (C=O) groups is 1. The number of nitrogens with one attached hydrogen (secondary N) is 1. The van der Waals surface area contributed by atoms with E-state index in [1.54, 1.807) is 4.90 Å². The highest BCUT2D eigenvalue weighted by Gasteiger charge is 2.24. The zero-order valence-corrected chi connectivity index (χ0v) is 15.5. The van der Waals surface area contributed by atoms with Gasteiger partial charge >= 0.3 is 6.03 Å². The number of hydrogen-bond acceptors (Lipinski definition) is 4. The highest BCUT2D eigenvalue weighted by molar-refractivity contribution is 6.30. The van der Waals surface area contributed by atoms with E-state index in [9.17, 15) is 4.79 Å². The highest BCUT2D eigenvalue weighted by atomic mass is 35.5. The number of amides is 2. The molecule has 1 aliphatic rings. The summed E-state index contributed by atoms with van der Waals surface area (Å²) < 4.78 is 4.96. The monoisotopic (exact) mass is 372 g/mol. The van der Waals surface area contributed by atoms with Crippen LogP contribution in [0.15, 0.2) is 42.2 Å². The predicted octanol–water partition coefficient (Wildman–Crippen LogP) is 4.10. The van der Waals surface area contributed by atoms with Crippen molar-refractivity contribution in [2.24, 2.45) is 5.92 Å². The molecule has 1 fully saturated rings. The standard InChI is InChI=1S/C19H21ClN4O2/c1-13-12-24(19(25)23-17-10-22-18(26-2)11-21-17)8-7-15(13)9-14-3-5-16(20)6-4-14/h3-6,9-11,13H,7-8,12H2,1-2H3,(H,21,23,25). The van der Waals surface area contributed by atoms with Crippen molar-refractivity contribution in [2.75, 3.05) is 25.5 Å². The van der Waals surface area contributed by atoms with Crippen LogP contribution in [0.5, 0.6) is 5.88 Å². The molecule has 0 aliphatic carbocycles. The minimum absolute atomic E-state index is 0.165. The van der Waals surface area contributed by atoms with Crippen molar-refractivity contribution in [1.29, 1.82) is 0 Å². The largest absolute Gasteiger partial charge is 0.480 e. The van der Waals surface area contributed by atoms with Crippen LogP contribution in [0.4, 0.5) is 10.6 Å². The van der Waals surface area contributed by atoms with Crippen LogP contribution in [-0.4, -0.2) is 41.1 Å². The molecule has 0 bridgehead atoms. The Kier molecular flexibility index (Phi) is 5.73. The summed E-state index contributed by atoms with van der Waals surface area (Å²) in [6.07, 6.45) is 5.98. The summed E-state index contributed by atoms with van der Waals surface area (Å²) in [7, 11) is 1.52. The van der Waals surface area contributed by atoms with Crippen LogP contribution in [0.1, 0.15) is 18.9 Å². The number of carbonyl (C=O) groups excluding carboxylic acids is 1. The van der Waals surface area contributed by atoms with E-state index >= 15 is 0 Å². The lowest BCUT2D eigenvalue weighted by atomic mass is 9.91. The molecule has 136 valence electrons. The number of aromatic nitrogens is 2. The van der Waals surface area contributed by atoms with E-state index in [0.29, 0.717) is 24.8 Å². The molecule has 0 saturated carbocycles. The second kappa shape index (κ2) is 8.19. The fourth-order valence-corrected chi connectivity index (χ4v) is 3.02. The summed E-state index contributed by atoms with van der Waals surface area (Å²) in [5.41, 5.74) is 2.46. The lowest BCUT2D eigenvalue weighted by molar-refractivity contribution is 0.197. The molecule has 1 N–H and O–H groups in total. The van der Waals surface area contributed by atoms with Gasteiger partial charge in [-0.2, -0.15) is 0 Å². The van der Waals surface area contributed by atoms with Crippen molar-refractivity contribution in [3.63, 3.8) is 0 Å². The van der Waals surface area contributed by atoms with Crippen LogP contribution >= 0.6 is 11.6 Å². The first-order valence-corrected chi connectivity index (χ1v) is 8.81. The quantitative estimate of drug-likeness (QED) is 0.880. The lowest BCUT2D eigenvalue weighted by Crippen LogP contribution is -2.42. The Morgan fingerprint density at radius 3 is 2.69 bits per heavy atom. The first-order chi connectivity index (χ1) is 12.5. The first-order valence-electron chi connectivity index (χ1n) is 8.43. The molecule has 0 radical (unpaired) electrons. The molecular formula is C19H21ClN4O2. The number of urea groups is 1. The van der Waals surface area contributed by atoms with Gasteiger partial charge in [-0.15, -0.1) is 0 Å². The summed E-state index contributed by atoms with van der Waals surface area (Å²) in [5.74, 6) is 1.10. The molecule has 0 spiro atoms. The van der Waals surface area contributed by atoms with Crippen molar-refractivity contribution in [3.05, 3.63) is 52.8 Å². The van der Waals surface area contributed by atoms with E-state index in [-0.39, 0.29) is 11.9 Å². The summed E-state index contributed by atoms with van der Waals surface area (Å²) in [4.78, 5) is 22.4. The molecule has 2 aromatic rings. The van der Waals surface area contributed by atoms with Crippen molar-refractivity contribution in [2.45, 2.75) is 13.3 Å². The molecule has 1 unspecified atom stereocenters. The number of halogens is 1. The van der Waals surface area contributed by atoms with Crippen LogP contribution < -0.4 is 10.1 Å². The predicted molar refractivity (Wildman–Crippen MR) is 102 cm³/mol. The molecule has 3 rings (SSSR count). The molecule has 26 heavy (non-hydrogen) atoms. The topological polar surface area (TPSA) is 67.3 Å². The third-order valence-electron chi connectivity index (χ3n) is 4.38. The third-order valence-corrected chi connectivity index (χ3v) is 4.63. The molecule has 6 nitrogen and oxygen atoms in total. The van der Waals surface area contributed by atoms with Crippen LogP contribution in [0, 0.1) is 5.92 Å². The number of nitrogens with zero attached hydrogens (tertiary/aromatic N) is 3. The Bertz CT molecular complexity index is 790. The molecule has 1 aliphatic heterocycles. The Morgan fingerprint density at radius 2 is 2.08 bits per heavy atom. The van der Waals surface area contributed by atoms with Gasteiger partial charge in [-0.3, -0.25) is 5.32 Å². The van der Waals surface area contributed by atoms with Gasteiger partial charge in [0.15, 0.2) is 5.82 Å². The number of rotatable bonds is 3. The van der Waals surface area contributed by atoms with Gasteiger partial charge in [-0.1, -0.05) is 42.3 Å². The maximum Gasteiger partial charge on any atom is 0.323 e. The van der Waals surface area contributed by atoms with Crippen molar-refractivity contribution in [1.82, 2.24) is 14.9 Å². The minimum atomic E-state index is -0.165. The number of ether oxygens (including phenoxy) is 1. The summed E-state index contributed by atoms with van der Waals surface area (Å²) in [5, 5.41) is 3.51. The SMILES string of the molecule is COc1cnc(NC(=O)N2CCC(=Cc3ccc(Cl)cc3)C(C)C2)cn1. The highest BCUT2D eigenvalue weighted by Crippen LogP contribution is 2.25. The fraction of sp³-hybridized carbons (Fsp3) is 0.316. The molecule has 1 aromatic heterocycles. The Hall–Kier alpha value is -2.60. The number of benzene rings is 1. The number of likely N-dealkylation sites (tertiary alicyclic amines) is 1. The Morgan fingerprint density at radius 1 is 1.31 bits per heavy atom. The maximum absolute atomic E-state index is 12.5. The molecule has 2 heterocycles. The van der Waals surface area contributed by atoms with Crippen molar-refractivity contribution >= 4 is 29.5 Å². The molecule has 2 amide bonds. The summed E-state index contributed by atoms with van der Waals surface area (Å²) in [6.45, 7) is 3.46. The third kappa shape index (κ3) is 4.52. The van der Waals surface area contributed by atoms with Gasteiger partial charge in [-0.25, -0.2) is 14.8 Å². The van der Waals surface area contributed by atoms with Gasteiger partial charge in [-0.05, 0) is 30.0 Å². The second-order valence-electron chi connectivity index (χ2n) is 6.24. The van der Waals surface area contributed by atoms with Gasteiger partial charge in [0.2, 0.25) is 5.88 Å². The second-order valence-corrected chi connectivity index (χ2v) is 6.68.